The first-order valence-corrected chi connectivity index (χ1v) is 9.01. The highest BCUT2D eigenvalue weighted by atomic mass is 16.5. The number of ether oxygens (including phenoxy) is 1. The maximum Gasteiger partial charge on any atom is 0.293 e. The van der Waals surface area contributed by atoms with E-state index in [1.807, 2.05) is 55.8 Å². The van der Waals surface area contributed by atoms with E-state index in [2.05, 4.69) is 10.1 Å². The van der Waals surface area contributed by atoms with Crippen LogP contribution >= 0.6 is 0 Å². The Kier molecular flexibility index (Phi) is 6.80. The second kappa shape index (κ2) is 8.85. The monoisotopic (exact) mass is 359 g/mol. The van der Waals surface area contributed by atoms with E-state index in [0.29, 0.717) is 18.1 Å². The molecule has 6 heteroatoms. The summed E-state index contributed by atoms with van der Waals surface area (Å²) in [6, 6.07) is 7.48. The van der Waals surface area contributed by atoms with Gasteiger partial charge in [0.1, 0.15) is 5.60 Å². The van der Waals surface area contributed by atoms with Gasteiger partial charge in [0.05, 0.1) is 0 Å². The van der Waals surface area contributed by atoms with Crippen LogP contribution in [0.1, 0.15) is 33.6 Å². The molecule has 1 aliphatic rings. The number of anilines is 1. The zero-order chi connectivity index (χ0) is 19.2. The van der Waals surface area contributed by atoms with E-state index in [9.17, 15) is 9.59 Å². The largest absolute Gasteiger partial charge is 0.462 e. The Morgan fingerprint density at radius 1 is 1.23 bits per heavy atom. The molecule has 0 unspecified atom stereocenters. The van der Waals surface area contributed by atoms with Gasteiger partial charge in [0.25, 0.3) is 12.0 Å². The molecule has 2 heterocycles. The molecule has 1 aromatic carbocycles. The molecule has 0 saturated carbocycles. The van der Waals surface area contributed by atoms with Gasteiger partial charge in [-0.1, -0.05) is 6.07 Å². The van der Waals surface area contributed by atoms with Crippen molar-refractivity contribution in [1.29, 1.82) is 0 Å². The fourth-order valence-electron chi connectivity index (χ4n) is 2.97. The Morgan fingerprint density at radius 3 is 2.50 bits per heavy atom. The Labute approximate surface area is 154 Å². The molecule has 6 nitrogen and oxygen atoms in total. The molecule has 3 N–H and O–H groups in total. The fraction of sp³-hybridized carbons (Fsp3) is 0.500. The first-order valence-electron chi connectivity index (χ1n) is 9.01. The molecule has 0 aliphatic carbocycles. The van der Waals surface area contributed by atoms with Crippen LogP contribution in [0, 0.1) is 5.92 Å². The molecular formula is C20H29N3O3. The van der Waals surface area contributed by atoms with Gasteiger partial charge in [-0.2, -0.15) is 0 Å². The van der Waals surface area contributed by atoms with E-state index in [1.165, 1.54) is 0 Å². The highest BCUT2D eigenvalue weighted by Crippen LogP contribution is 2.18. The normalized spacial score (nSPS) is 15.2. The Balaban J connectivity index is 0.000000298. The lowest BCUT2D eigenvalue weighted by Gasteiger charge is -2.23. The van der Waals surface area contributed by atoms with Crippen molar-refractivity contribution >= 4 is 22.9 Å². The number of nitrogens with zero attached hydrogens (tertiary/aromatic N) is 1. The average Bonchev–Trinajstić information content (AvgIpc) is 2.58. The van der Waals surface area contributed by atoms with Crippen LogP contribution in [0.25, 0.3) is 10.8 Å². The summed E-state index contributed by atoms with van der Waals surface area (Å²) in [5.41, 5.74) is 6.33. The van der Waals surface area contributed by atoms with E-state index >= 15 is 0 Å². The first-order chi connectivity index (χ1) is 12.3. The molecule has 0 spiro atoms. The van der Waals surface area contributed by atoms with Crippen molar-refractivity contribution in [1.82, 2.24) is 9.88 Å². The molecule has 0 radical (unpaired) electrons. The van der Waals surface area contributed by atoms with Crippen LogP contribution in [0.3, 0.4) is 0 Å². The molecule has 1 saturated heterocycles. The van der Waals surface area contributed by atoms with Gasteiger partial charge < -0.3 is 20.4 Å². The number of aromatic nitrogens is 1. The maximum atomic E-state index is 12.4. The van der Waals surface area contributed by atoms with Gasteiger partial charge in [-0.25, -0.2) is 0 Å². The van der Waals surface area contributed by atoms with Gasteiger partial charge in [0.2, 0.25) is 0 Å². The number of nitrogen functional groups attached to an aromatic ring is 1. The fourth-order valence-corrected chi connectivity index (χ4v) is 2.97. The number of carbonyl (C=O) groups is 1. The molecule has 0 atom stereocenters. The van der Waals surface area contributed by atoms with Crippen molar-refractivity contribution in [3.8, 4) is 0 Å². The van der Waals surface area contributed by atoms with Crippen molar-refractivity contribution < 1.29 is 9.53 Å². The van der Waals surface area contributed by atoms with Gasteiger partial charge >= 0.3 is 0 Å². The Bertz CT molecular complexity index is 787. The Morgan fingerprint density at radius 2 is 1.92 bits per heavy atom. The topological polar surface area (TPSA) is 86.3 Å². The number of benzene rings is 1. The summed E-state index contributed by atoms with van der Waals surface area (Å²) in [5.74, 6) is 0.595. The molecule has 1 aromatic heterocycles. The standard InChI is InChI=1S/C15H19N3O.C5H10O2/c16-14-3-1-2-13-12(14)6-9-18(15(13)19)10-11-4-7-17-8-5-11;1-5(2,3)7-4-6/h1-3,6,9,11,17H,4-5,7-8,10,16H2;4H,1-3H3. The quantitative estimate of drug-likeness (QED) is 0.650. The molecule has 2 aromatic rings. The van der Waals surface area contributed by atoms with Crippen molar-refractivity contribution in [2.45, 2.75) is 45.8 Å². The lowest BCUT2D eigenvalue weighted by Crippen LogP contribution is -2.32. The summed E-state index contributed by atoms with van der Waals surface area (Å²) in [6.07, 6.45) is 4.16. The van der Waals surface area contributed by atoms with Crippen LogP contribution < -0.4 is 16.6 Å². The number of nitrogens with two attached hydrogens (primary N) is 1. The summed E-state index contributed by atoms with van der Waals surface area (Å²) in [7, 11) is 0. The number of nitrogens with one attached hydrogen (secondary N) is 1. The molecule has 0 amide bonds. The number of hydrogen-bond acceptors (Lipinski definition) is 5. The summed E-state index contributed by atoms with van der Waals surface area (Å²) < 4.78 is 6.38. The highest BCUT2D eigenvalue weighted by Gasteiger charge is 2.14. The summed E-state index contributed by atoms with van der Waals surface area (Å²) in [4.78, 5) is 22.0. The molecule has 3 rings (SSSR count). The van der Waals surface area contributed by atoms with Crippen molar-refractivity contribution in [2.75, 3.05) is 18.8 Å². The van der Waals surface area contributed by atoms with Gasteiger partial charge in [0.15, 0.2) is 0 Å². The molecule has 0 bridgehead atoms. The second-order valence-electron chi connectivity index (χ2n) is 7.60. The summed E-state index contributed by atoms with van der Waals surface area (Å²) in [6.45, 7) is 8.84. The van der Waals surface area contributed by atoms with E-state index < -0.39 is 0 Å². The van der Waals surface area contributed by atoms with Crippen LogP contribution in [0.15, 0.2) is 35.3 Å². The van der Waals surface area contributed by atoms with Gasteiger partial charge in [-0.15, -0.1) is 0 Å². The van der Waals surface area contributed by atoms with Crippen molar-refractivity contribution in [3.05, 3.63) is 40.8 Å². The smallest absolute Gasteiger partial charge is 0.293 e. The van der Waals surface area contributed by atoms with Gasteiger partial charge in [-0.3, -0.25) is 9.59 Å². The number of fused-ring (bicyclic) bond motifs is 1. The second-order valence-corrected chi connectivity index (χ2v) is 7.60. The minimum atomic E-state index is -0.318. The van der Waals surface area contributed by atoms with Crippen LogP contribution in [-0.2, 0) is 16.1 Å². The van der Waals surface area contributed by atoms with Crippen LogP contribution in [0.5, 0.6) is 0 Å². The first kappa shape index (κ1) is 20.0. The highest BCUT2D eigenvalue weighted by molar-refractivity contribution is 5.91. The number of rotatable bonds is 3. The third kappa shape index (κ3) is 5.59. The lowest BCUT2D eigenvalue weighted by molar-refractivity contribution is -0.138. The van der Waals surface area contributed by atoms with Gasteiger partial charge in [-0.05, 0) is 70.8 Å². The molecule has 1 fully saturated rings. The van der Waals surface area contributed by atoms with Gasteiger partial charge in [0, 0.05) is 29.2 Å². The minimum Gasteiger partial charge on any atom is -0.462 e. The van der Waals surface area contributed by atoms with Crippen LogP contribution in [-0.4, -0.2) is 29.7 Å². The zero-order valence-corrected chi connectivity index (χ0v) is 15.8. The van der Waals surface area contributed by atoms with Crippen molar-refractivity contribution in [3.63, 3.8) is 0 Å². The molecular weight excluding hydrogens is 330 g/mol. The molecule has 1 aliphatic heterocycles. The number of piperidine rings is 1. The van der Waals surface area contributed by atoms with E-state index in [-0.39, 0.29) is 11.2 Å². The number of pyridine rings is 1. The maximum absolute atomic E-state index is 12.4. The zero-order valence-electron chi connectivity index (χ0n) is 15.8. The summed E-state index contributed by atoms with van der Waals surface area (Å²) >= 11 is 0. The molecule has 26 heavy (non-hydrogen) atoms. The predicted molar refractivity (Wildman–Crippen MR) is 105 cm³/mol. The minimum absolute atomic E-state index is 0.0725. The van der Waals surface area contributed by atoms with E-state index in [4.69, 9.17) is 5.73 Å². The van der Waals surface area contributed by atoms with E-state index in [1.54, 1.807) is 0 Å². The Hall–Kier alpha value is -2.34. The third-order valence-corrected chi connectivity index (χ3v) is 4.37. The van der Waals surface area contributed by atoms with Crippen LogP contribution in [0.4, 0.5) is 5.69 Å². The van der Waals surface area contributed by atoms with Crippen molar-refractivity contribution in [2.24, 2.45) is 5.92 Å². The third-order valence-electron chi connectivity index (χ3n) is 4.37. The van der Waals surface area contributed by atoms with Crippen LogP contribution in [0.2, 0.25) is 0 Å². The predicted octanol–water partition coefficient (Wildman–Crippen LogP) is 2.54. The van der Waals surface area contributed by atoms with E-state index in [0.717, 1.165) is 43.2 Å². The summed E-state index contributed by atoms with van der Waals surface area (Å²) in [5, 5.41) is 4.92. The number of hydrogen-bond donors (Lipinski definition) is 2. The SMILES string of the molecule is CC(C)(C)OC=O.Nc1cccc2c(=O)n(CC3CCNCC3)ccc12. The molecule has 142 valence electrons. The lowest BCUT2D eigenvalue weighted by atomic mass is 9.98. The number of carbonyl (C=O) groups excluding carboxylic acids is 1. The average molecular weight is 359 g/mol.